The molecular weight excluding hydrogens is 318 g/mol. The highest BCUT2D eigenvalue weighted by Crippen LogP contribution is 2.26. The molecule has 3 nitrogen and oxygen atoms in total. The molecule has 22 heavy (non-hydrogen) atoms. The summed E-state index contributed by atoms with van der Waals surface area (Å²) < 4.78 is 10.7. The predicted octanol–water partition coefficient (Wildman–Crippen LogP) is 5.30. The standard InChI is InChI=1S/C17H14ClNO2S/c1-20-15-6-2-12(3-7-15)17-19-14(10-21-17)11-22-16-8-4-13(18)5-9-16/h2-10H,11H2,1H3. The number of ether oxygens (including phenoxy) is 1. The van der Waals surface area contributed by atoms with E-state index in [0.29, 0.717) is 5.89 Å². The van der Waals surface area contributed by atoms with Gasteiger partial charge in [0.2, 0.25) is 5.89 Å². The van der Waals surface area contributed by atoms with E-state index >= 15 is 0 Å². The van der Waals surface area contributed by atoms with Gasteiger partial charge in [0.15, 0.2) is 0 Å². The monoisotopic (exact) mass is 331 g/mol. The van der Waals surface area contributed by atoms with E-state index in [4.69, 9.17) is 20.8 Å². The summed E-state index contributed by atoms with van der Waals surface area (Å²) in [7, 11) is 1.65. The number of benzene rings is 2. The predicted molar refractivity (Wildman–Crippen MR) is 89.5 cm³/mol. The summed E-state index contributed by atoms with van der Waals surface area (Å²) in [5, 5.41) is 0.743. The van der Waals surface area contributed by atoms with E-state index in [1.54, 1.807) is 25.1 Å². The van der Waals surface area contributed by atoms with E-state index in [-0.39, 0.29) is 0 Å². The summed E-state index contributed by atoms with van der Waals surface area (Å²) in [6.07, 6.45) is 1.70. The number of nitrogens with zero attached hydrogens (tertiary/aromatic N) is 1. The summed E-state index contributed by atoms with van der Waals surface area (Å²) in [6, 6.07) is 15.4. The van der Waals surface area contributed by atoms with Gasteiger partial charge in [0.25, 0.3) is 0 Å². The zero-order valence-electron chi connectivity index (χ0n) is 12.0. The van der Waals surface area contributed by atoms with Gasteiger partial charge in [-0.25, -0.2) is 4.98 Å². The van der Waals surface area contributed by atoms with Crippen molar-refractivity contribution in [2.75, 3.05) is 7.11 Å². The minimum absolute atomic E-state index is 0.620. The van der Waals surface area contributed by atoms with E-state index in [1.165, 1.54) is 0 Å². The van der Waals surface area contributed by atoms with Gasteiger partial charge in [0.05, 0.1) is 12.8 Å². The van der Waals surface area contributed by atoms with Crippen LogP contribution in [0.4, 0.5) is 0 Å². The highest BCUT2D eigenvalue weighted by atomic mass is 35.5. The minimum Gasteiger partial charge on any atom is -0.497 e. The molecule has 0 radical (unpaired) electrons. The van der Waals surface area contributed by atoms with E-state index in [9.17, 15) is 0 Å². The molecule has 3 rings (SSSR count). The number of halogens is 1. The van der Waals surface area contributed by atoms with Crippen LogP contribution in [-0.4, -0.2) is 12.1 Å². The average Bonchev–Trinajstić information content (AvgIpc) is 3.03. The quantitative estimate of drug-likeness (QED) is 0.594. The molecule has 0 unspecified atom stereocenters. The number of aromatic nitrogens is 1. The maximum absolute atomic E-state index is 5.88. The normalized spacial score (nSPS) is 10.6. The maximum atomic E-state index is 5.88. The summed E-state index contributed by atoms with van der Waals surface area (Å²) in [5.74, 6) is 2.18. The molecule has 0 saturated carbocycles. The number of hydrogen-bond acceptors (Lipinski definition) is 4. The fraction of sp³-hybridized carbons (Fsp3) is 0.118. The molecule has 0 spiro atoms. The largest absolute Gasteiger partial charge is 0.497 e. The lowest BCUT2D eigenvalue weighted by Crippen LogP contribution is -1.84. The van der Waals surface area contributed by atoms with Crippen LogP contribution in [-0.2, 0) is 5.75 Å². The van der Waals surface area contributed by atoms with Crippen molar-refractivity contribution in [3.63, 3.8) is 0 Å². The van der Waals surface area contributed by atoms with Crippen LogP contribution in [0.2, 0.25) is 5.02 Å². The molecule has 0 aliphatic carbocycles. The first-order valence-electron chi connectivity index (χ1n) is 6.72. The van der Waals surface area contributed by atoms with Crippen molar-refractivity contribution in [3.8, 4) is 17.2 Å². The van der Waals surface area contributed by atoms with Crippen LogP contribution >= 0.6 is 23.4 Å². The van der Waals surface area contributed by atoms with Gasteiger partial charge in [-0.3, -0.25) is 0 Å². The van der Waals surface area contributed by atoms with Crippen LogP contribution in [0.25, 0.3) is 11.5 Å². The number of rotatable bonds is 5. The van der Waals surface area contributed by atoms with E-state index in [0.717, 1.165) is 32.7 Å². The molecule has 0 aliphatic rings. The number of oxazole rings is 1. The number of thioether (sulfide) groups is 1. The molecule has 1 aromatic heterocycles. The smallest absolute Gasteiger partial charge is 0.226 e. The molecule has 0 bridgehead atoms. The first-order chi connectivity index (χ1) is 10.7. The molecule has 1 heterocycles. The van der Waals surface area contributed by atoms with Gasteiger partial charge in [-0.1, -0.05) is 11.6 Å². The van der Waals surface area contributed by atoms with Crippen molar-refractivity contribution >= 4 is 23.4 Å². The average molecular weight is 332 g/mol. The molecular formula is C17H14ClNO2S. The lowest BCUT2D eigenvalue weighted by atomic mass is 10.2. The van der Waals surface area contributed by atoms with E-state index in [1.807, 2.05) is 48.5 Å². The molecule has 3 aromatic rings. The number of hydrogen-bond donors (Lipinski definition) is 0. The van der Waals surface area contributed by atoms with Gasteiger partial charge in [0, 0.05) is 21.2 Å². The second-order valence-corrected chi connectivity index (χ2v) is 6.10. The van der Waals surface area contributed by atoms with E-state index in [2.05, 4.69) is 4.98 Å². The van der Waals surface area contributed by atoms with Gasteiger partial charge < -0.3 is 9.15 Å². The molecule has 0 atom stereocenters. The van der Waals surface area contributed by atoms with Crippen molar-refractivity contribution in [2.45, 2.75) is 10.6 Å². The molecule has 0 aliphatic heterocycles. The molecule has 0 saturated heterocycles. The second kappa shape index (κ2) is 6.90. The van der Waals surface area contributed by atoms with Gasteiger partial charge >= 0.3 is 0 Å². The molecule has 2 aromatic carbocycles. The van der Waals surface area contributed by atoms with Gasteiger partial charge in [-0.05, 0) is 48.5 Å². The van der Waals surface area contributed by atoms with Crippen LogP contribution in [0.1, 0.15) is 5.69 Å². The maximum Gasteiger partial charge on any atom is 0.226 e. The summed E-state index contributed by atoms with van der Waals surface area (Å²) in [5.41, 5.74) is 1.84. The lowest BCUT2D eigenvalue weighted by molar-refractivity contribution is 0.415. The van der Waals surface area contributed by atoms with Gasteiger partial charge in [0.1, 0.15) is 12.0 Å². The van der Waals surface area contributed by atoms with Gasteiger partial charge in [-0.2, -0.15) is 0 Å². The van der Waals surface area contributed by atoms with Crippen LogP contribution < -0.4 is 4.74 Å². The highest BCUT2D eigenvalue weighted by molar-refractivity contribution is 7.98. The fourth-order valence-electron chi connectivity index (χ4n) is 1.93. The lowest BCUT2D eigenvalue weighted by Gasteiger charge is -2.00. The third kappa shape index (κ3) is 3.64. The van der Waals surface area contributed by atoms with Crippen molar-refractivity contribution in [2.24, 2.45) is 0 Å². The Morgan fingerprint density at radius 2 is 1.82 bits per heavy atom. The molecule has 0 amide bonds. The highest BCUT2D eigenvalue weighted by Gasteiger charge is 2.07. The molecule has 112 valence electrons. The zero-order chi connectivity index (χ0) is 15.4. The Labute approximate surface area is 138 Å². The summed E-state index contributed by atoms with van der Waals surface area (Å²) in [4.78, 5) is 5.67. The molecule has 5 heteroatoms. The topological polar surface area (TPSA) is 35.3 Å². The Hall–Kier alpha value is -1.91. The Bertz CT molecular complexity index is 738. The van der Waals surface area contributed by atoms with Crippen LogP contribution in [0.15, 0.2) is 64.1 Å². The number of methoxy groups -OCH3 is 1. The molecule has 0 N–H and O–H groups in total. The first-order valence-corrected chi connectivity index (χ1v) is 8.08. The van der Waals surface area contributed by atoms with Gasteiger partial charge in [-0.15, -0.1) is 11.8 Å². The van der Waals surface area contributed by atoms with Crippen molar-refractivity contribution in [3.05, 3.63) is 65.5 Å². The second-order valence-electron chi connectivity index (χ2n) is 4.62. The van der Waals surface area contributed by atoms with Crippen molar-refractivity contribution < 1.29 is 9.15 Å². The van der Waals surface area contributed by atoms with E-state index < -0.39 is 0 Å². The first kappa shape index (κ1) is 15.0. The minimum atomic E-state index is 0.620. The third-order valence-electron chi connectivity index (χ3n) is 3.09. The fourth-order valence-corrected chi connectivity index (χ4v) is 2.83. The molecule has 0 fully saturated rings. The third-order valence-corrected chi connectivity index (χ3v) is 4.39. The van der Waals surface area contributed by atoms with Crippen LogP contribution in [0.3, 0.4) is 0 Å². The Morgan fingerprint density at radius 3 is 2.50 bits per heavy atom. The Morgan fingerprint density at radius 1 is 1.09 bits per heavy atom. The van der Waals surface area contributed by atoms with Crippen molar-refractivity contribution in [1.82, 2.24) is 4.98 Å². The van der Waals surface area contributed by atoms with Crippen LogP contribution in [0.5, 0.6) is 5.75 Å². The SMILES string of the molecule is COc1ccc(-c2nc(CSc3ccc(Cl)cc3)co2)cc1. The summed E-state index contributed by atoms with van der Waals surface area (Å²) in [6.45, 7) is 0. The Balaban J connectivity index is 1.66. The van der Waals surface area contributed by atoms with Crippen molar-refractivity contribution in [1.29, 1.82) is 0 Å². The Kier molecular flexibility index (Phi) is 4.71. The zero-order valence-corrected chi connectivity index (χ0v) is 13.5. The van der Waals surface area contributed by atoms with Crippen LogP contribution in [0, 0.1) is 0 Å². The summed E-state index contributed by atoms with van der Waals surface area (Å²) >= 11 is 7.57.